The fourth-order valence-corrected chi connectivity index (χ4v) is 4.50. The average Bonchev–Trinajstić information content (AvgIpc) is 3.21. The van der Waals surface area contributed by atoms with Crippen LogP contribution in [0.5, 0.6) is 0 Å². The fourth-order valence-electron chi connectivity index (χ4n) is 3.46. The third-order valence-electron chi connectivity index (χ3n) is 4.69. The molecular weight excluding hydrogens is 294 g/mol. The standard InChI is InChI=1S/C17H19N3OS/c1-11-15(22-16(19-11)12-5-3-2-4-6-12)17(21)20-9-13-7-18-8-14(13)10-20/h2-6,13-14,18H,7-10H2,1H3/t13-,14+. The quantitative estimate of drug-likeness (QED) is 0.926. The molecule has 2 atom stereocenters. The van der Waals surface area contributed by atoms with Gasteiger partial charge in [0.2, 0.25) is 0 Å². The van der Waals surface area contributed by atoms with E-state index in [-0.39, 0.29) is 5.91 Å². The van der Waals surface area contributed by atoms with Crippen molar-refractivity contribution in [3.05, 3.63) is 40.9 Å². The highest BCUT2D eigenvalue weighted by Gasteiger charge is 2.39. The number of fused-ring (bicyclic) bond motifs is 1. The third-order valence-corrected chi connectivity index (χ3v) is 5.88. The lowest BCUT2D eigenvalue weighted by Crippen LogP contribution is -2.31. The topological polar surface area (TPSA) is 45.2 Å². The molecule has 0 aliphatic carbocycles. The number of aromatic nitrogens is 1. The first kappa shape index (κ1) is 13.9. The van der Waals surface area contributed by atoms with Crippen molar-refractivity contribution in [2.75, 3.05) is 26.2 Å². The lowest BCUT2D eigenvalue weighted by molar-refractivity contribution is 0.0785. The number of hydrogen-bond acceptors (Lipinski definition) is 4. The number of nitrogens with zero attached hydrogens (tertiary/aromatic N) is 2. The Hall–Kier alpha value is -1.72. The number of carbonyl (C=O) groups is 1. The third kappa shape index (κ3) is 2.34. The molecule has 2 fully saturated rings. The predicted molar refractivity (Wildman–Crippen MR) is 88.0 cm³/mol. The monoisotopic (exact) mass is 313 g/mol. The number of amides is 1. The number of rotatable bonds is 2. The van der Waals surface area contributed by atoms with Crippen LogP contribution in [-0.2, 0) is 0 Å². The number of aryl methyl sites for hydroxylation is 1. The molecule has 1 N–H and O–H groups in total. The van der Waals surface area contributed by atoms with Gasteiger partial charge >= 0.3 is 0 Å². The van der Waals surface area contributed by atoms with Crippen molar-refractivity contribution in [3.8, 4) is 10.6 Å². The summed E-state index contributed by atoms with van der Waals surface area (Å²) in [7, 11) is 0. The Morgan fingerprint density at radius 1 is 1.23 bits per heavy atom. The SMILES string of the molecule is Cc1nc(-c2ccccc2)sc1C(=O)N1C[C@H]2CNC[C@H]2C1. The molecule has 0 saturated carbocycles. The first-order valence-corrected chi connectivity index (χ1v) is 8.57. The molecular formula is C17H19N3OS. The van der Waals surface area contributed by atoms with Gasteiger partial charge in [-0.3, -0.25) is 4.79 Å². The minimum atomic E-state index is 0.159. The molecule has 2 aliphatic heterocycles. The van der Waals surface area contributed by atoms with Gasteiger partial charge in [-0.25, -0.2) is 4.98 Å². The molecule has 0 unspecified atom stereocenters. The van der Waals surface area contributed by atoms with Gasteiger partial charge in [0.15, 0.2) is 0 Å². The van der Waals surface area contributed by atoms with Gasteiger partial charge in [0.05, 0.1) is 5.69 Å². The number of benzene rings is 1. The van der Waals surface area contributed by atoms with Crippen molar-refractivity contribution in [1.29, 1.82) is 0 Å². The maximum absolute atomic E-state index is 12.8. The van der Waals surface area contributed by atoms with Crippen LogP contribution in [0, 0.1) is 18.8 Å². The van der Waals surface area contributed by atoms with Gasteiger partial charge < -0.3 is 10.2 Å². The summed E-state index contributed by atoms with van der Waals surface area (Å²) in [6, 6.07) is 10.1. The molecule has 5 heteroatoms. The number of nitrogens with one attached hydrogen (secondary N) is 1. The zero-order valence-corrected chi connectivity index (χ0v) is 13.4. The van der Waals surface area contributed by atoms with Crippen LogP contribution in [0.15, 0.2) is 30.3 Å². The van der Waals surface area contributed by atoms with E-state index >= 15 is 0 Å². The van der Waals surface area contributed by atoms with E-state index in [0.717, 1.165) is 47.3 Å². The molecule has 0 spiro atoms. The maximum atomic E-state index is 12.8. The molecule has 3 heterocycles. The van der Waals surface area contributed by atoms with Crippen LogP contribution in [0.2, 0.25) is 0 Å². The second-order valence-electron chi connectivity index (χ2n) is 6.19. The largest absolute Gasteiger partial charge is 0.337 e. The van der Waals surface area contributed by atoms with Crippen LogP contribution in [0.4, 0.5) is 0 Å². The molecule has 1 amide bonds. The Kier molecular flexibility index (Phi) is 3.47. The molecule has 1 aromatic carbocycles. The highest BCUT2D eigenvalue weighted by molar-refractivity contribution is 7.17. The Bertz CT molecular complexity index is 685. The zero-order valence-electron chi connectivity index (χ0n) is 12.6. The van der Waals surface area contributed by atoms with Crippen molar-refractivity contribution < 1.29 is 4.79 Å². The summed E-state index contributed by atoms with van der Waals surface area (Å²) in [6.07, 6.45) is 0. The van der Waals surface area contributed by atoms with Gasteiger partial charge in [-0.1, -0.05) is 30.3 Å². The minimum Gasteiger partial charge on any atom is -0.337 e. The Morgan fingerprint density at radius 2 is 1.91 bits per heavy atom. The summed E-state index contributed by atoms with van der Waals surface area (Å²) in [4.78, 5) is 20.2. The highest BCUT2D eigenvalue weighted by atomic mass is 32.1. The van der Waals surface area contributed by atoms with Gasteiger partial charge in [-0.2, -0.15) is 0 Å². The fraction of sp³-hybridized carbons (Fsp3) is 0.412. The van der Waals surface area contributed by atoms with Crippen LogP contribution < -0.4 is 5.32 Å². The summed E-state index contributed by atoms with van der Waals surface area (Å²) in [5.41, 5.74) is 1.93. The van der Waals surface area contributed by atoms with Gasteiger partial charge in [0.25, 0.3) is 5.91 Å². The first-order chi connectivity index (χ1) is 10.7. The van der Waals surface area contributed by atoms with Gasteiger partial charge in [0, 0.05) is 31.7 Å². The molecule has 1 aromatic heterocycles. The Labute approximate surface area is 134 Å². The maximum Gasteiger partial charge on any atom is 0.265 e. The second-order valence-corrected chi connectivity index (χ2v) is 7.19. The summed E-state index contributed by atoms with van der Waals surface area (Å²) in [5, 5.41) is 4.35. The molecule has 2 aliphatic rings. The van der Waals surface area contributed by atoms with Gasteiger partial charge in [-0.05, 0) is 18.8 Å². The molecule has 4 nitrogen and oxygen atoms in total. The van der Waals surface area contributed by atoms with E-state index in [9.17, 15) is 4.79 Å². The number of likely N-dealkylation sites (tertiary alicyclic amines) is 1. The lowest BCUT2D eigenvalue weighted by atomic mass is 10.0. The van der Waals surface area contributed by atoms with E-state index in [2.05, 4.69) is 10.3 Å². The van der Waals surface area contributed by atoms with E-state index in [1.165, 1.54) is 11.3 Å². The van der Waals surface area contributed by atoms with Crippen LogP contribution >= 0.6 is 11.3 Å². The average molecular weight is 313 g/mol. The predicted octanol–water partition coefficient (Wildman–Crippen LogP) is 2.41. The lowest BCUT2D eigenvalue weighted by Gasteiger charge is -2.16. The molecule has 0 radical (unpaired) electrons. The first-order valence-electron chi connectivity index (χ1n) is 7.75. The van der Waals surface area contributed by atoms with E-state index in [4.69, 9.17) is 0 Å². The van der Waals surface area contributed by atoms with Crippen molar-refractivity contribution in [1.82, 2.24) is 15.2 Å². The van der Waals surface area contributed by atoms with Crippen molar-refractivity contribution in [2.45, 2.75) is 6.92 Å². The summed E-state index contributed by atoms with van der Waals surface area (Å²) in [6.45, 7) is 5.80. The van der Waals surface area contributed by atoms with Crippen LogP contribution in [0.25, 0.3) is 10.6 Å². The van der Waals surface area contributed by atoms with Gasteiger partial charge in [-0.15, -0.1) is 11.3 Å². The Balaban J connectivity index is 1.58. The number of carbonyl (C=O) groups excluding carboxylic acids is 1. The van der Waals surface area contributed by atoms with Gasteiger partial charge in [0.1, 0.15) is 9.88 Å². The van der Waals surface area contributed by atoms with Crippen molar-refractivity contribution >= 4 is 17.2 Å². The van der Waals surface area contributed by atoms with Crippen LogP contribution in [0.1, 0.15) is 15.4 Å². The van der Waals surface area contributed by atoms with E-state index in [0.29, 0.717) is 11.8 Å². The van der Waals surface area contributed by atoms with E-state index < -0.39 is 0 Å². The molecule has 114 valence electrons. The summed E-state index contributed by atoms with van der Waals surface area (Å²) < 4.78 is 0. The molecule has 4 rings (SSSR count). The highest BCUT2D eigenvalue weighted by Crippen LogP contribution is 2.32. The normalized spacial score (nSPS) is 23.8. The van der Waals surface area contributed by atoms with E-state index in [1.54, 1.807) is 0 Å². The van der Waals surface area contributed by atoms with Crippen LogP contribution in [-0.4, -0.2) is 42.0 Å². The number of thiazole rings is 1. The van der Waals surface area contributed by atoms with Crippen molar-refractivity contribution in [2.24, 2.45) is 11.8 Å². The summed E-state index contributed by atoms with van der Waals surface area (Å²) in [5.74, 6) is 1.42. The zero-order chi connectivity index (χ0) is 15.1. The minimum absolute atomic E-state index is 0.159. The molecule has 0 bridgehead atoms. The smallest absolute Gasteiger partial charge is 0.265 e. The van der Waals surface area contributed by atoms with E-state index in [1.807, 2.05) is 42.2 Å². The summed E-state index contributed by atoms with van der Waals surface area (Å²) >= 11 is 1.52. The molecule has 22 heavy (non-hydrogen) atoms. The number of hydrogen-bond donors (Lipinski definition) is 1. The van der Waals surface area contributed by atoms with Crippen molar-refractivity contribution in [3.63, 3.8) is 0 Å². The Morgan fingerprint density at radius 3 is 2.59 bits per heavy atom. The molecule has 2 aromatic rings. The van der Waals surface area contributed by atoms with Crippen LogP contribution in [0.3, 0.4) is 0 Å². The second kappa shape index (κ2) is 5.48. The molecule has 2 saturated heterocycles.